The van der Waals surface area contributed by atoms with Crippen molar-refractivity contribution in [3.8, 4) is 0 Å². The van der Waals surface area contributed by atoms with Crippen molar-refractivity contribution in [2.75, 3.05) is 31.1 Å². The van der Waals surface area contributed by atoms with Gasteiger partial charge in [0.25, 0.3) is 0 Å². The number of hydrogen-bond acceptors (Lipinski definition) is 5. The van der Waals surface area contributed by atoms with Crippen molar-refractivity contribution in [3.63, 3.8) is 0 Å². The molecule has 1 saturated carbocycles. The zero-order chi connectivity index (χ0) is 29.0. The molecule has 7 nitrogen and oxygen atoms in total. The van der Waals surface area contributed by atoms with Crippen molar-refractivity contribution < 1.29 is 19.5 Å². The number of fused-ring (bicyclic) bond motifs is 1. The molecule has 3 amide bonds. The van der Waals surface area contributed by atoms with Gasteiger partial charge in [-0.05, 0) is 57.1 Å². The molecular formula is C33H45N3O4S. The third kappa shape index (κ3) is 5.50. The molecule has 4 fully saturated rings. The first-order valence-corrected chi connectivity index (χ1v) is 16.3. The molecule has 1 aromatic rings. The average molecular weight is 580 g/mol. The van der Waals surface area contributed by atoms with Gasteiger partial charge >= 0.3 is 0 Å². The van der Waals surface area contributed by atoms with Crippen LogP contribution in [0, 0.1) is 11.8 Å². The summed E-state index contributed by atoms with van der Waals surface area (Å²) < 4.78 is -0.596. The zero-order valence-corrected chi connectivity index (χ0v) is 25.0. The zero-order valence-electron chi connectivity index (χ0n) is 24.2. The van der Waals surface area contributed by atoms with E-state index in [0.29, 0.717) is 26.1 Å². The highest BCUT2D eigenvalue weighted by molar-refractivity contribution is 8.02. The van der Waals surface area contributed by atoms with Crippen LogP contribution in [0.15, 0.2) is 55.6 Å². The van der Waals surface area contributed by atoms with E-state index in [1.54, 1.807) is 22.7 Å². The van der Waals surface area contributed by atoms with Gasteiger partial charge in [0.2, 0.25) is 17.7 Å². The number of carbonyl (C=O) groups excluding carboxylic acids is 3. The van der Waals surface area contributed by atoms with Crippen LogP contribution in [0.1, 0.15) is 64.2 Å². The Kier molecular flexibility index (Phi) is 9.59. The number of nitrogens with zero attached hydrogens (tertiary/aromatic N) is 3. The van der Waals surface area contributed by atoms with Gasteiger partial charge in [0, 0.05) is 43.2 Å². The van der Waals surface area contributed by atoms with Crippen LogP contribution in [-0.2, 0) is 14.4 Å². The number of unbranched alkanes of at least 4 members (excludes halogenated alkanes) is 2. The normalized spacial score (nSPS) is 28.9. The maximum Gasteiger partial charge on any atom is 0.247 e. The molecule has 222 valence electrons. The number of rotatable bonds is 13. The number of anilines is 1. The Hall–Kier alpha value is -2.58. The molecule has 8 heteroatoms. The van der Waals surface area contributed by atoms with Gasteiger partial charge in [-0.2, -0.15) is 0 Å². The van der Waals surface area contributed by atoms with Gasteiger partial charge in [0.15, 0.2) is 0 Å². The Morgan fingerprint density at radius 1 is 1.00 bits per heavy atom. The Morgan fingerprint density at radius 2 is 1.73 bits per heavy atom. The lowest BCUT2D eigenvalue weighted by Crippen LogP contribution is -2.57. The van der Waals surface area contributed by atoms with Gasteiger partial charge < -0.3 is 19.8 Å². The second kappa shape index (κ2) is 13.2. The molecule has 0 aromatic heterocycles. The summed E-state index contributed by atoms with van der Waals surface area (Å²) in [5.41, 5.74) is 0.799. The van der Waals surface area contributed by atoms with Crippen molar-refractivity contribution in [1.82, 2.24) is 9.80 Å². The number of thioether (sulfide) groups is 1. The summed E-state index contributed by atoms with van der Waals surface area (Å²) in [4.78, 5) is 49.0. The number of aliphatic hydroxyl groups excluding tert-OH is 1. The van der Waals surface area contributed by atoms with E-state index in [1.165, 1.54) is 6.42 Å². The summed E-state index contributed by atoms with van der Waals surface area (Å²) in [6, 6.07) is 9.19. The average Bonchev–Trinajstić information content (AvgIpc) is 3.64. The van der Waals surface area contributed by atoms with E-state index in [-0.39, 0.29) is 35.6 Å². The van der Waals surface area contributed by atoms with Gasteiger partial charge in [-0.25, -0.2) is 0 Å². The highest BCUT2D eigenvalue weighted by Crippen LogP contribution is 2.67. The summed E-state index contributed by atoms with van der Waals surface area (Å²) in [7, 11) is 0. The highest BCUT2D eigenvalue weighted by atomic mass is 32.2. The summed E-state index contributed by atoms with van der Waals surface area (Å²) in [5, 5.41) is 9.34. The number of para-hydroxylation sites is 1. The number of hydrogen-bond donors (Lipinski definition) is 1. The standard InChI is InChI=1S/C33H45N3O4S/c1-3-20-34(24-14-8-5-9-15-24)30(38)27-26-18-19-33(41-26)28(27)31(39)36(22-12-7-13-23-37)29(33)32(40)35(21-4-2)25-16-10-6-11-17-25/h3-5,8-9,14-15,25-29,37H,1-2,6-7,10-13,16-23H2/t26-,27+,28-,29?,33?/m0/s1. The molecule has 1 aliphatic carbocycles. The minimum Gasteiger partial charge on any atom is -0.396 e. The number of aliphatic hydroxyl groups is 1. The number of likely N-dealkylation sites (tertiary alicyclic amines) is 1. The van der Waals surface area contributed by atoms with Gasteiger partial charge in [0.05, 0.1) is 16.6 Å². The number of carbonyl (C=O) groups is 3. The Labute approximate surface area is 249 Å². The van der Waals surface area contributed by atoms with Crippen LogP contribution in [-0.4, -0.2) is 80.9 Å². The van der Waals surface area contributed by atoms with Crippen LogP contribution in [0.5, 0.6) is 0 Å². The van der Waals surface area contributed by atoms with Gasteiger partial charge in [-0.1, -0.05) is 49.6 Å². The van der Waals surface area contributed by atoms with Crippen LogP contribution in [0.2, 0.25) is 0 Å². The van der Waals surface area contributed by atoms with E-state index in [2.05, 4.69) is 13.2 Å². The molecule has 5 rings (SSSR count). The molecule has 1 spiro atoms. The van der Waals surface area contributed by atoms with Crippen LogP contribution in [0.25, 0.3) is 0 Å². The quantitative estimate of drug-likeness (QED) is 0.268. The summed E-state index contributed by atoms with van der Waals surface area (Å²) in [5.74, 6) is -1.05. The fraction of sp³-hybridized carbons (Fsp3) is 0.606. The third-order valence-corrected chi connectivity index (χ3v) is 11.6. The summed E-state index contributed by atoms with van der Waals surface area (Å²) >= 11 is 1.74. The molecule has 0 radical (unpaired) electrons. The molecule has 3 aliphatic heterocycles. The third-order valence-electron chi connectivity index (χ3n) is 9.65. The lowest BCUT2D eigenvalue weighted by Gasteiger charge is -2.41. The monoisotopic (exact) mass is 579 g/mol. The van der Waals surface area contributed by atoms with E-state index in [1.807, 2.05) is 46.2 Å². The second-order valence-electron chi connectivity index (χ2n) is 12.0. The molecule has 5 atom stereocenters. The first-order valence-electron chi connectivity index (χ1n) is 15.5. The van der Waals surface area contributed by atoms with E-state index in [9.17, 15) is 19.5 Å². The Bertz CT molecular complexity index is 1120. The van der Waals surface area contributed by atoms with Crippen molar-refractivity contribution >= 4 is 35.2 Å². The van der Waals surface area contributed by atoms with Gasteiger partial charge in [0.1, 0.15) is 6.04 Å². The Balaban J connectivity index is 1.50. The Morgan fingerprint density at radius 3 is 2.41 bits per heavy atom. The van der Waals surface area contributed by atoms with Crippen LogP contribution in [0.3, 0.4) is 0 Å². The highest BCUT2D eigenvalue weighted by Gasteiger charge is 2.74. The minimum absolute atomic E-state index is 0.0156. The van der Waals surface area contributed by atoms with Crippen molar-refractivity contribution in [2.45, 2.75) is 86.3 Å². The predicted octanol–water partition coefficient (Wildman–Crippen LogP) is 4.81. The van der Waals surface area contributed by atoms with Crippen molar-refractivity contribution in [3.05, 3.63) is 55.6 Å². The topological polar surface area (TPSA) is 81.2 Å². The lowest BCUT2D eigenvalue weighted by molar-refractivity contribution is -0.144. The molecule has 3 saturated heterocycles. The van der Waals surface area contributed by atoms with Crippen LogP contribution >= 0.6 is 11.8 Å². The first kappa shape index (κ1) is 29.9. The molecule has 1 aromatic carbocycles. The van der Waals surface area contributed by atoms with Crippen molar-refractivity contribution in [2.24, 2.45) is 11.8 Å². The molecule has 4 aliphatic rings. The summed E-state index contributed by atoms with van der Waals surface area (Å²) in [6.07, 6.45) is 12.7. The fourth-order valence-electron chi connectivity index (χ4n) is 7.87. The minimum atomic E-state index is -0.596. The smallest absolute Gasteiger partial charge is 0.247 e. The predicted molar refractivity (Wildman–Crippen MR) is 165 cm³/mol. The van der Waals surface area contributed by atoms with E-state index in [0.717, 1.165) is 57.1 Å². The molecular weight excluding hydrogens is 534 g/mol. The van der Waals surface area contributed by atoms with Crippen molar-refractivity contribution in [1.29, 1.82) is 0 Å². The molecule has 41 heavy (non-hydrogen) atoms. The first-order chi connectivity index (χ1) is 20.0. The maximum absolute atomic E-state index is 14.7. The maximum atomic E-state index is 14.7. The summed E-state index contributed by atoms with van der Waals surface area (Å²) in [6.45, 7) is 9.28. The van der Waals surface area contributed by atoms with E-state index >= 15 is 0 Å². The van der Waals surface area contributed by atoms with E-state index < -0.39 is 22.6 Å². The van der Waals surface area contributed by atoms with Gasteiger partial charge in [-0.15, -0.1) is 24.9 Å². The number of benzene rings is 1. The van der Waals surface area contributed by atoms with Crippen LogP contribution < -0.4 is 4.90 Å². The van der Waals surface area contributed by atoms with E-state index in [4.69, 9.17) is 0 Å². The fourth-order valence-corrected chi connectivity index (χ4v) is 10.1. The largest absolute Gasteiger partial charge is 0.396 e. The SMILES string of the molecule is C=CCN(C(=O)[C@@H]1[C@@H]2CCC3(S2)C(C(=O)N(CC=C)C2CCCCC2)N(CCCCCO)C(=O)[C@H]13)c1ccccc1. The molecule has 3 heterocycles. The number of amides is 3. The second-order valence-corrected chi connectivity index (χ2v) is 13.6. The van der Waals surface area contributed by atoms with Gasteiger partial charge in [-0.3, -0.25) is 14.4 Å². The molecule has 2 bridgehead atoms. The lowest BCUT2D eigenvalue weighted by atomic mass is 9.70. The van der Waals surface area contributed by atoms with Crippen LogP contribution in [0.4, 0.5) is 5.69 Å². The molecule has 1 N–H and O–H groups in total. The molecule has 2 unspecified atom stereocenters.